The van der Waals surface area contributed by atoms with E-state index in [9.17, 15) is 9.59 Å². The SMILES string of the molecule is CCn1ccc(C(=O)N2CCCC3(CCc4cnc(C)nc43)C2)cc1=O. The van der Waals surface area contributed by atoms with Gasteiger partial charge in [0.1, 0.15) is 5.82 Å². The number of aryl methyl sites for hydroxylation is 3. The van der Waals surface area contributed by atoms with E-state index in [1.807, 2.05) is 24.9 Å². The minimum atomic E-state index is -0.125. The van der Waals surface area contributed by atoms with E-state index in [0.29, 0.717) is 18.7 Å². The van der Waals surface area contributed by atoms with Gasteiger partial charge in [0.2, 0.25) is 0 Å². The number of piperidine rings is 1. The summed E-state index contributed by atoms with van der Waals surface area (Å²) in [4.78, 5) is 36.1. The summed E-state index contributed by atoms with van der Waals surface area (Å²) in [5.41, 5.74) is 2.64. The van der Waals surface area contributed by atoms with Crippen molar-refractivity contribution in [2.45, 2.75) is 51.5 Å². The molecule has 0 radical (unpaired) electrons. The van der Waals surface area contributed by atoms with Crippen molar-refractivity contribution in [2.24, 2.45) is 0 Å². The van der Waals surface area contributed by atoms with Crippen LogP contribution in [-0.2, 0) is 18.4 Å². The van der Waals surface area contributed by atoms with E-state index >= 15 is 0 Å². The van der Waals surface area contributed by atoms with Crippen LogP contribution in [0.4, 0.5) is 0 Å². The quantitative estimate of drug-likeness (QED) is 0.830. The lowest BCUT2D eigenvalue weighted by molar-refractivity contribution is 0.0633. The summed E-state index contributed by atoms with van der Waals surface area (Å²) in [5.74, 6) is 0.736. The molecule has 2 aromatic rings. The summed E-state index contributed by atoms with van der Waals surface area (Å²) in [6, 6.07) is 3.21. The van der Waals surface area contributed by atoms with Gasteiger partial charge >= 0.3 is 0 Å². The maximum Gasteiger partial charge on any atom is 0.254 e. The molecular weight excluding hydrogens is 328 g/mol. The lowest BCUT2D eigenvalue weighted by Crippen LogP contribution is -2.48. The van der Waals surface area contributed by atoms with Gasteiger partial charge in [0.25, 0.3) is 11.5 Å². The number of rotatable bonds is 2. The fourth-order valence-corrected chi connectivity index (χ4v) is 4.42. The lowest BCUT2D eigenvalue weighted by atomic mass is 9.77. The molecule has 0 saturated carbocycles. The Morgan fingerprint density at radius 3 is 2.96 bits per heavy atom. The number of likely N-dealkylation sites (tertiary alicyclic amines) is 1. The molecule has 1 unspecified atom stereocenters. The molecule has 4 rings (SSSR count). The summed E-state index contributed by atoms with van der Waals surface area (Å²) in [6.45, 7) is 5.85. The van der Waals surface area contributed by atoms with Crippen LogP contribution in [0.2, 0.25) is 0 Å². The van der Waals surface area contributed by atoms with E-state index < -0.39 is 0 Å². The molecule has 6 nitrogen and oxygen atoms in total. The van der Waals surface area contributed by atoms with Crippen LogP contribution in [0.5, 0.6) is 0 Å². The fraction of sp³-hybridized carbons (Fsp3) is 0.500. The molecule has 1 fully saturated rings. The summed E-state index contributed by atoms with van der Waals surface area (Å²) >= 11 is 0. The maximum atomic E-state index is 13.0. The Balaban J connectivity index is 1.62. The second-order valence-electron chi connectivity index (χ2n) is 7.44. The molecular formula is C20H24N4O2. The van der Waals surface area contributed by atoms with Crippen molar-refractivity contribution in [3.63, 3.8) is 0 Å². The minimum absolute atomic E-state index is 0.0522. The highest BCUT2D eigenvalue weighted by Crippen LogP contribution is 2.43. The highest BCUT2D eigenvalue weighted by atomic mass is 16.2. The number of pyridine rings is 1. The van der Waals surface area contributed by atoms with Gasteiger partial charge in [-0.3, -0.25) is 9.59 Å². The number of aromatic nitrogens is 3. The number of hydrogen-bond donors (Lipinski definition) is 0. The molecule has 1 spiro atoms. The largest absolute Gasteiger partial charge is 0.338 e. The molecule has 136 valence electrons. The average molecular weight is 352 g/mol. The molecule has 26 heavy (non-hydrogen) atoms. The molecule has 0 bridgehead atoms. The summed E-state index contributed by atoms with van der Waals surface area (Å²) < 4.78 is 1.60. The van der Waals surface area contributed by atoms with Gasteiger partial charge in [-0.2, -0.15) is 0 Å². The molecule has 0 N–H and O–H groups in total. The van der Waals surface area contributed by atoms with Gasteiger partial charge in [-0.15, -0.1) is 0 Å². The summed E-state index contributed by atoms with van der Waals surface area (Å²) in [5, 5.41) is 0. The fourth-order valence-electron chi connectivity index (χ4n) is 4.42. The predicted molar refractivity (Wildman–Crippen MR) is 98.3 cm³/mol. The third-order valence-corrected chi connectivity index (χ3v) is 5.81. The van der Waals surface area contributed by atoms with Crippen molar-refractivity contribution < 1.29 is 4.79 Å². The Morgan fingerprint density at radius 2 is 2.19 bits per heavy atom. The Morgan fingerprint density at radius 1 is 1.35 bits per heavy atom. The van der Waals surface area contributed by atoms with Crippen LogP contribution in [0.3, 0.4) is 0 Å². The maximum absolute atomic E-state index is 13.0. The number of hydrogen-bond acceptors (Lipinski definition) is 4. The average Bonchev–Trinajstić information content (AvgIpc) is 2.98. The molecule has 6 heteroatoms. The van der Waals surface area contributed by atoms with E-state index in [1.165, 1.54) is 11.6 Å². The Labute approximate surface area is 152 Å². The lowest BCUT2D eigenvalue weighted by Gasteiger charge is -2.40. The third-order valence-electron chi connectivity index (χ3n) is 5.81. The van der Waals surface area contributed by atoms with Crippen LogP contribution >= 0.6 is 0 Å². The molecule has 1 atom stereocenters. The zero-order valence-electron chi connectivity index (χ0n) is 15.4. The van der Waals surface area contributed by atoms with Crippen LogP contribution in [0, 0.1) is 6.92 Å². The standard InChI is InChI=1S/C20H24N4O2/c1-3-23-10-6-15(11-17(23)25)19(26)24-9-4-7-20(13-24)8-5-16-12-21-14(2)22-18(16)20/h6,10-12H,3-5,7-9,13H2,1-2H3. The zero-order valence-corrected chi connectivity index (χ0v) is 15.4. The van der Waals surface area contributed by atoms with E-state index in [-0.39, 0.29) is 16.9 Å². The van der Waals surface area contributed by atoms with Crippen LogP contribution in [0.15, 0.2) is 29.3 Å². The first-order valence-electron chi connectivity index (χ1n) is 9.35. The van der Waals surface area contributed by atoms with Crippen molar-refractivity contribution in [2.75, 3.05) is 13.1 Å². The molecule has 1 amide bonds. The normalized spacial score (nSPS) is 21.8. The van der Waals surface area contributed by atoms with E-state index in [4.69, 9.17) is 4.98 Å². The smallest absolute Gasteiger partial charge is 0.254 e. The molecule has 1 aliphatic carbocycles. The number of fused-ring (bicyclic) bond motifs is 2. The molecule has 1 aliphatic heterocycles. The molecule has 2 aromatic heterocycles. The number of amides is 1. The monoisotopic (exact) mass is 352 g/mol. The third kappa shape index (κ3) is 2.73. The molecule has 0 aromatic carbocycles. The molecule has 2 aliphatic rings. The summed E-state index contributed by atoms with van der Waals surface area (Å²) in [6.07, 6.45) is 7.65. The number of nitrogens with zero attached hydrogens (tertiary/aromatic N) is 4. The van der Waals surface area contributed by atoms with Crippen molar-refractivity contribution in [3.05, 3.63) is 57.5 Å². The van der Waals surface area contributed by atoms with Crippen LogP contribution in [-0.4, -0.2) is 38.4 Å². The van der Waals surface area contributed by atoms with Crippen LogP contribution in [0.25, 0.3) is 0 Å². The van der Waals surface area contributed by atoms with Gasteiger partial charge in [-0.1, -0.05) is 0 Å². The van der Waals surface area contributed by atoms with Crippen molar-refractivity contribution in [1.29, 1.82) is 0 Å². The Bertz CT molecular complexity index is 916. The van der Waals surface area contributed by atoms with E-state index in [1.54, 1.807) is 16.8 Å². The van der Waals surface area contributed by atoms with Crippen molar-refractivity contribution >= 4 is 5.91 Å². The van der Waals surface area contributed by atoms with Crippen molar-refractivity contribution in [3.8, 4) is 0 Å². The molecule has 1 saturated heterocycles. The Kier molecular flexibility index (Phi) is 4.13. The van der Waals surface area contributed by atoms with Gasteiger partial charge in [-0.05, 0) is 51.2 Å². The first-order valence-corrected chi connectivity index (χ1v) is 9.35. The number of carbonyl (C=O) groups excluding carboxylic acids is 1. The van der Waals surface area contributed by atoms with Crippen LogP contribution in [0.1, 0.15) is 53.6 Å². The first-order chi connectivity index (χ1) is 12.5. The van der Waals surface area contributed by atoms with Gasteiger partial charge in [0.05, 0.1) is 5.69 Å². The summed E-state index contributed by atoms with van der Waals surface area (Å²) in [7, 11) is 0. The van der Waals surface area contributed by atoms with Gasteiger partial charge in [0, 0.05) is 49.1 Å². The number of carbonyl (C=O) groups is 1. The van der Waals surface area contributed by atoms with E-state index in [2.05, 4.69) is 4.98 Å². The highest BCUT2D eigenvalue weighted by Gasteiger charge is 2.44. The van der Waals surface area contributed by atoms with Gasteiger partial charge in [0.15, 0.2) is 0 Å². The second kappa shape index (κ2) is 6.34. The van der Waals surface area contributed by atoms with Gasteiger partial charge < -0.3 is 9.47 Å². The highest BCUT2D eigenvalue weighted by molar-refractivity contribution is 5.94. The predicted octanol–water partition coefficient (Wildman–Crippen LogP) is 2.09. The topological polar surface area (TPSA) is 68.1 Å². The molecule has 3 heterocycles. The van der Waals surface area contributed by atoms with Gasteiger partial charge in [-0.25, -0.2) is 9.97 Å². The van der Waals surface area contributed by atoms with E-state index in [0.717, 1.165) is 43.7 Å². The first kappa shape index (κ1) is 16.9. The zero-order chi connectivity index (χ0) is 18.3. The van der Waals surface area contributed by atoms with Crippen molar-refractivity contribution in [1.82, 2.24) is 19.4 Å². The minimum Gasteiger partial charge on any atom is -0.338 e. The second-order valence-corrected chi connectivity index (χ2v) is 7.44. The Hall–Kier alpha value is -2.50. The van der Waals surface area contributed by atoms with Crippen LogP contribution < -0.4 is 5.56 Å².